The smallest absolute Gasteiger partial charge is 0.260 e. The quantitative estimate of drug-likeness (QED) is 0.616. The van der Waals surface area contributed by atoms with Gasteiger partial charge in [0.05, 0.1) is 20.8 Å². The summed E-state index contributed by atoms with van der Waals surface area (Å²) in [4.78, 5) is 19.0. The first-order chi connectivity index (χ1) is 12.6. The van der Waals surface area contributed by atoms with Crippen molar-refractivity contribution in [1.29, 1.82) is 0 Å². The van der Waals surface area contributed by atoms with Crippen LogP contribution in [-0.4, -0.2) is 25.1 Å². The molecule has 0 aliphatic heterocycles. The van der Waals surface area contributed by atoms with Crippen molar-refractivity contribution in [3.05, 3.63) is 70.2 Å². The summed E-state index contributed by atoms with van der Waals surface area (Å²) in [5.41, 5.74) is 1.45. The Morgan fingerprint density at radius 2 is 1.85 bits per heavy atom. The van der Waals surface area contributed by atoms with Gasteiger partial charge in [-0.2, -0.15) is 0 Å². The Labute approximate surface area is 160 Å². The molecule has 134 valence electrons. The highest BCUT2D eigenvalue weighted by Gasteiger charge is 2.21. The van der Waals surface area contributed by atoms with Crippen LogP contribution in [0.15, 0.2) is 54.0 Å². The van der Waals surface area contributed by atoms with Gasteiger partial charge in [-0.05, 0) is 42.0 Å². The third-order valence-electron chi connectivity index (χ3n) is 3.78. The highest BCUT2D eigenvalue weighted by Crippen LogP contribution is 2.30. The Bertz CT molecular complexity index is 882. The van der Waals surface area contributed by atoms with Gasteiger partial charge in [0, 0.05) is 22.2 Å². The van der Waals surface area contributed by atoms with Gasteiger partial charge < -0.3 is 9.47 Å². The molecule has 1 amide bonds. The third-order valence-corrected chi connectivity index (χ3v) is 4.82. The summed E-state index contributed by atoms with van der Waals surface area (Å²) >= 11 is 7.33. The van der Waals surface area contributed by atoms with Crippen LogP contribution in [-0.2, 0) is 6.54 Å². The fourth-order valence-electron chi connectivity index (χ4n) is 2.49. The Balaban J connectivity index is 1.93. The molecule has 7 heteroatoms. The molecule has 1 heterocycles. The summed E-state index contributed by atoms with van der Waals surface area (Å²) in [6.45, 7) is 0.356. The molecule has 3 aromatic rings. The van der Waals surface area contributed by atoms with Gasteiger partial charge >= 0.3 is 0 Å². The van der Waals surface area contributed by atoms with Crippen molar-refractivity contribution in [1.82, 2.24) is 4.98 Å². The summed E-state index contributed by atoms with van der Waals surface area (Å²) < 4.78 is 10.6. The molecule has 0 N–H and O–H groups in total. The normalized spacial score (nSPS) is 10.4. The molecule has 0 aliphatic rings. The lowest BCUT2D eigenvalue weighted by Crippen LogP contribution is -2.30. The first-order valence-corrected chi connectivity index (χ1v) is 9.06. The Hall–Kier alpha value is -2.57. The van der Waals surface area contributed by atoms with Gasteiger partial charge in [0.2, 0.25) is 0 Å². The lowest BCUT2D eigenvalue weighted by molar-refractivity contribution is 0.0985. The molecule has 26 heavy (non-hydrogen) atoms. The molecule has 0 saturated heterocycles. The van der Waals surface area contributed by atoms with Crippen LogP contribution in [0.1, 0.15) is 15.9 Å². The van der Waals surface area contributed by atoms with E-state index in [4.69, 9.17) is 21.1 Å². The average molecular weight is 389 g/mol. The SMILES string of the molecule is COc1ccc(CN(C(=O)c2ccc(Cl)cc2)c2nccs2)cc1OC. The predicted molar refractivity (Wildman–Crippen MR) is 104 cm³/mol. The van der Waals surface area contributed by atoms with E-state index in [1.165, 1.54) is 11.3 Å². The van der Waals surface area contributed by atoms with E-state index in [-0.39, 0.29) is 5.91 Å². The maximum absolute atomic E-state index is 13.0. The molecule has 0 aliphatic carbocycles. The minimum atomic E-state index is -0.147. The summed E-state index contributed by atoms with van der Waals surface area (Å²) in [5, 5.41) is 3.05. The highest BCUT2D eigenvalue weighted by molar-refractivity contribution is 7.13. The van der Waals surface area contributed by atoms with Crippen molar-refractivity contribution in [3.63, 3.8) is 0 Å². The zero-order chi connectivity index (χ0) is 18.5. The first-order valence-electron chi connectivity index (χ1n) is 7.80. The number of aromatic nitrogens is 1. The van der Waals surface area contributed by atoms with Crippen LogP contribution in [0, 0.1) is 0 Å². The number of rotatable bonds is 6. The summed E-state index contributed by atoms with van der Waals surface area (Å²) in [5.74, 6) is 1.11. The summed E-state index contributed by atoms with van der Waals surface area (Å²) in [7, 11) is 3.17. The van der Waals surface area contributed by atoms with Crippen LogP contribution in [0.5, 0.6) is 11.5 Å². The number of carbonyl (C=O) groups excluding carboxylic acids is 1. The number of benzene rings is 2. The second-order valence-corrected chi connectivity index (χ2v) is 6.71. The fraction of sp³-hybridized carbons (Fsp3) is 0.158. The Morgan fingerprint density at radius 1 is 1.12 bits per heavy atom. The van der Waals surface area contributed by atoms with E-state index >= 15 is 0 Å². The molecule has 0 saturated carbocycles. The van der Waals surface area contributed by atoms with E-state index in [1.54, 1.807) is 49.6 Å². The van der Waals surface area contributed by atoms with E-state index in [0.29, 0.717) is 33.8 Å². The summed E-state index contributed by atoms with van der Waals surface area (Å²) in [6, 6.07) is 12.4. The maximum Gasteiger partial charge on any atom is 0.260 e. The van der Waals surface area contributed by atoms with Gasteiger partial charge in [-0.15, -0.1) is 11.3 Å². The molecule has 0 radical (unpaired) electrons. The van der Waals surface area contributed by atoms with Crippen LogP contribution in [0.25, 0.3) is 0 Å². The number of halogens is 1. The van der Waals surface area contributed by atoms with E-state index in [1.807, 2.05) is 23.6 Å². The van der Waals surface area contributed by atoms with Crippen molar-refractivity contribution >= 4 is 34.0 Å². The Morgan fingerprint density at radius 3 is 2.46 bits per heavy atom. The van der Waals surface area contributed by atoms with Gasteiger partial charge in [-0.1, -0.05) is 17.7 Å². The molecule has 5 nitrogen and oxygen atoms in total. The molecular weight excluding hydrogens is 372 g/mol. The minimum absolute atomic E-state index is 0.147. The van der Waals surface area contributed by atoms with E-state index in [0.717, 1.165) is 5.56 Å². The number of ether oxygens (including phenoxy) is 2. The lowest BCUT2D eigenvalue weighted by atomic mass is 10.1. The second-order valence-electron chi connectivity index (χ2n) is 5.40. The van der Waals surface area contributed by atoms with Crippen molar-refractivity contribution in [2.75, 3.05) is 19.1 Å². The maximum atomic E-state index is 13.0. The monoisotopic (exact) mass is 388 g/mol. The largest absolute Gasteiger partial charge is 0.493 e. The van der Waals surface area contributed by atoms with E-state index < -0.39 is 0 Å². The number of methoxy groups -OCH3 is 2. The number of anilines is 1. The molecule has 1 aromatic heterocycles. The molecular formula is C19H17ClN2O3S. The van der Waals surface area contributed by atoms with Gasteiger partial charge in [-0.3, -0.25) is 9.69 Å². The predicted octanol–water partition coefficient (Wildman–Crippen LogP) is 4.66. The van der Waals surface area contributed by atoms with Gasteiger partial charge in [0.15, 0.2) is 16.6 Å². The number of hydrogen-bond donors (Lipinski definition) is 0. The number of carbonyl (C=O) groups is 1. The summed E-state index contributed by atoms with van der Waals surface area (Å²) in [6.07, 6.45) is 1.68. The van der Waals surface area contributed by atoms with E-state index in [9.17, 15) is 4.79 Å². The molecule has 2 aromatic carbocycles. The first kappa shape index (κ1) is 18.2. The van der Waals surface area contributed by atoms with Crippen LogP contribution in [0.3, 0.4) is 0 Å². The van der Waals surface area contributed by atoms with Crippen molar-refractivity contribution in [3.8, 4) is 11.5 Å². The standard InChI is InChI=1S/C19H17ClN2O3S/c1-24-16-8-3-13(11-17(16)25-2)12-22(19-21-9-10-26-19)18(23)14-4-6-15(20)7-5-14/h3-11H,12H2,1-2H3. The van der Waals surface area contributed by atoms with Crippen molar-refractivity contribution < 1.29 is 14.3 Å². The van der Waals surface area contributed by atoms with Gasteiger partial charge in [-0.25, -0.2) is 4.98 Å². The third kappa shape index (κ3) is 3.98. The van der Waals surface area contributed by atoms with Crippen LogP contribution >= 0.6 is 22.9 Å². The number of hydrogen-bond acceptors (Lipinski definition) is 5. The van der Waals surface area contributed by atoms with Crippen LogP contribution in [0.4, 0.5) is 5.13 Å². The van der Waals surface area contributed by atoms with E-state index in [2.05, 4.69) is 4.98 Å². The van der Waals surface area contributed by atoms with Crippen molar-refractivity contribution in [2.24, 2.45) is 0 Å². The zero-order valence-corrected chi connectivity index (χ0v) is 15.9. The highest BCUT2D eigenvalue weighted by atomic mass is 35.5. The van der Waals surface area contributed by atoms with Gasteiger partial charge in [0.25, 0.3) is 5.91 Å². The van der Waals surface area contributed by atoms with Crippen LogP contribution < -0.4 is 14.4 Å². The molecule has 0 spiro atoms. The fourth-order valence-corrected chi connectivity index (χ4v) is 3.25. The average Bonchev–Trinajstić information content (AvgIpc) is 3.20. The van der Waals surface area contributed by atoms with Crippen molar-refractivity contribution in [2.45, 2.75) is 6.54 Å². The van der Waals surface area contributed by atoms with Gasteiger partial charge in [0.1, 0.15) is 0 Å². The van der Waals surface area contributed by atoms with Crippen LogP contribution in [0.2, 0.25) is 5.02 Å². The molecule has 0 bridgehead atoms. The molecule has 0 fully saturated rings. The number of nitrogens with zero attached hydrogens (tertiary/aromatic N) is 2. The number of thiazole rings is 1. The second kappa shape index (κ2) is 8.21. The molecule has 0 unspecified atom stereocenters. The number of amides is 1. The molecule has 0 atom stereocenters. The zero-order valence-electron chi connectivity index (χ0n) is 14.3. The lowest BCUT2D eigenvalue weighted by Gasteiger charge is -2.21. The molecule has 3 rings (SSSR count). The topological polar surface area (TPSA) is 51.7 Å². The Kier molecular flexibility index (Phi) is 5.75. The minimum Gasteiger partial charge on any atom is -0.493 e.